The largest absolute Gasteiger partial charge is 0.354 e. The maximum absolute atomic E-state index is 13.1. The molecule has 0 aromatic carbocycles. The van der Waals surface area contributed by atoms with E-state index in [1.165, 1.54) is 38.2 Å². The van der Waals surface area contributed by atoms with Crippen LogP contribution in [0.15, 0.2) is 18.2 Å². The van der Waals surface area contributed by atoms with Crippen molar-refractivity contribution in [2.75, 3.05) is 11.4 Å². The summed E-state index contributed by atoms with van der Waals surface area (Å²) < 4.78 is 13.1. The second-order valence-electron chi connectivity index (χ2n) is 4.45. The smallest absolute Gasteiger partial charge is 0.214 e. The second kappa shape index (κ2) is 5.28. The number of halogens is 1. The van der Waals surface area contributed by atoms with Gasteiger partial charge in [0.15, 0.2) is 0 Å². The van der Waals surface area contributed by atoms with Gasteiger partial charge in [0.1, 0.15) is 5.82 Å². The zero-order valence-corrected chi connectivity index (χ0v) is 9.82. The highest BCUT2D eigenvalue weighted by molar-refractivity contribution is 5.39. The molecule has 0 N–H and O–H groups in total. The number of anilines is 1. The average molecular weight is 222 g/mol. The molecule has 1 fully saturated rings. The fraction of sp³-hybridized carbons (Fsp3) is 0.615. The minimum absolute atomic E-state index is 0.377. The van der Waals surface area contributed by atoms with E-state index < -0.39 is 0 Å². The molecule has 1 unspecified atom stereocenters. The molecule has 2 heterocycles. The second-order valence-corrected chi connectivity index (χ2v) is 4.45. The molecule has 1 aliphatic rings. The average Bonchev–Trinajstić information content (AvgIpc) is 2.30. The Morgan fingerprint density at radius 2 is 2.31 bits per heavy atom. The van der Waals surface area contributed by atoms with Crippen LogP contribution in [0.5, 0.6) is 0 Å². The summed E-state index contributed by atoms with van der Waals surface area (Å²) in [7, 11) is 0. The summed E-state index contributed by atoms with van der Waals surface area (Å²) in [6, 6.07) is 5.61. The number of piperidine rings is 1. The van der Waals surface area contributed by atoms with E-state index in [2.05, 4.69) is 16.8 Å². The SMILES string of the molecule is CCCC1CCCCN1c1cccc(F)n1. The van der Waals surface area contributed by atoms with Gasteiger partial charge >= 0.3 is 0 Å². The van der Waals surface area contributed by atoms with E-state index in [0.29, 0.717) is 6.04 Å². The molecule has 0 amide bonds. The van der Waals surface area contributed by atoms with Crippen LogP contribution < -0.4 is 4.90 Å². The number of rotatable bonds is 3. The Balaban J connectivity index is 2.16. The van der Waals surface area contributed by atoms with Gasteiger partial charge in [0.05, 0.1) is 0 Å². The Morgan fingerprint density at radius 1 is 1.44 bits per heavy atom. The van der Waals surface area contributed by atoms with Gasteiger partial charge in [-0.15, -0.1) is 0 Å². The van der Waals surface area contributed by atoms with Gasteiger partial charge in [0.2, 0.25) is 5.95 Å². The Morgan fingerprint density at radius 3 is 3.06 bits per heavy atom. The van der Waals surface area contributed by atoms with Crippen molar-refractivity contribution in [2.24, 2.45) is 0 Å². The molecule has 1 saturated heterocycles. The Hall–Kier alpha value is -1.12. The first kappa shape index (κ1) is 11.4. The van der Waals surface area contributed by atoms with Crippen LogP contribution in [-0.2, 0) is 0 Å². The number of pyridine rings is 1. The lowest BCUT2D eigenvalue weighted by Gasteiger charge is -2.36. The molecule has 0 bridgehead atoms. The van der Waals surface area contributed by atoms with E-state index >= 15 is 0 Å². The van der Waals surface area contributed by atoms with Crippen LogP contribution in [-0.4, -0.2) is 17.6 Å². The molecular formula is C13H19FN2. The van der Waals surface area contributed by atoms with Gasteiger partial charge in [-0.05, 0) is 37.8 Å². The van der Waals surface area contributed by atoms with E-state index in [4.69, 9.17) is 0 Å². The summed E-state index contributed by atoms with van der Waals surface area (Å²) in [5, 5.41) is 0. The predicted molar refractivity (Wildman–Crippen MR) is 64.1 cm³/mol. The monoisotopic (exact) mass is 222 g/mol. The standard InChI is InChI=1S/C13H19FN2/c1-2-6-11-7-3-4-10-16(11)13-9-5-8-12(14)15-13/h5,8-9,11H,2-4,6-7,10H2,1H3. The summed E-state index contributed by atoms with van der Waals surface area (Å²) in [5.41, 5.74) is 0. The quantitative estimate of drug-likeness (QED) is 0.729. The van der Waals surface area contributed by atoms with Crippen molar-refractivity contribution in [1.82, 2.24) is 4.98 Å². The van der Waals surface area contributed by atoms with E-state index in [-0.39, 0.29) is 5.95 Å². The number of aromatic nitrogens is 1. The lowest BCUT2D eigenvalue weighted by molar-refractivity contribution is 0.429. The van der Waals surface area contributed by atoms with E-state index in [0.717, 1.165) is 12.4 Å². The van der Waals surface area contributed by atoms with Crippen molar-refractivity contribution >= 4 is 5.82 Å². The van der Waals surface area contributed by atoms with Crippen LogP contribution >= 0.6 is 0 Å². The molecule has 88 valence electrons. The van der Waals surface area contributed by atoms with E-state index in [1.54, 1.807) is 6.07 Å². The first-order chi connectivity index (χ1) is 7.81. The third kappa shape index (κ3) is 2.52. The Bertz CT molecular complexity index is 338. The van der Waals surface area contributed by atoms with Gasteiger partial charge in [0.25, 0.3) is 0 Å². The topological polar surface area (TPSA) is 16.1 Å². The zero-order valence-electron chi connectivity index (χ0n) is 9.82. The molecule has 16 heavy (non-hydrogen) atoms. The normalized spacial score (nSPS) is 21.1. The fourth-order valence-corrected chi connectivity index (χ4v) is 2.49. The summed E-state index contributed by atoms with van der Waals surface area (Å²) >= 11 is 0. The van der Waals surface area contributed by atoms with Gasteiger partial charge in [-0.25, -0.2) is 4.98 Å². The van der Waals surface area contributed by atoms with Crippen molar-refractivity contribution in [1.29, 1.82) is 0 Å². The van der Waals surface area contributed by atoms with Crippen LogP contribution in [0, 0.1) is 5.95 Å². The van der Waals surface area contributed by atoms with Crippen LogP contribution in [0.1, 0.15) is 39.0 Å². The van der Waals surface area contributed by atoms with Crippen LogP contribution in [0.25, 0.3) is 0 Å². The minimum atomic E-state index is -0.377. The van der Waals surface area contributed by atoms with Gasteiger partial charge in [-0.2, -0.15) is 4.39 Å². The third-order valence-electron chi connectivity index (χ3n) is 3.24. The minimum Gasteiger partial charge on any atom is -0.354 e. The summed E-state index contributed by atoms with van der Waals surface area (Å²) in [4.78, 5) is 6.26. The van der Waals surface area contributed by atoms with Gasteiger partial charge in [-0.3, -0.25) is 0 Å². The van der Waals surface area contributed by atoms with Crippen molar-refractivity contribution in [3.8, 4) is 0 Å². The van der Waals surface area contributed by atoms with Crippen molar-refractivity contribution in [2.45, 2.75) is 45.1 Å². The number of hydrogen-bond acceptors (Lipinski definition) is 2. The lowest BCUT2D eigenvalue weighted by atomic mass is 9.98. The van der Waals surface area contributed by atoms with Crippen molar-refractivity contribution in [3.63, 3.8) is 0 Å². The third-order valence-corrected chi connectivity index (χ3v) is 3.24. The maximum Gasteiger partial charge on any atom is 0.214 e. The highest BCUT2D eigenvalue weighted by Gasteiger charge is 2.22. The fourth-order valence-electron chi connectivity index (χ4n) is 2.49. The first-order valence-corrected chi connectivity index (χ1v) is 6.20. The van der Waals surface area contributed by atoms with Crippen LogP contribution in [0.4, 0.5) is 10.2 Å². The van der Waals surface area contributed by atoms with E-state index in [1.807, 2.05) is 6.07 Å². The highest BCUT2D eigenvalue weighted by atomic mass is 19.1. The predicted octanol–water partition coefficient (Wildman–Crippen LogP) is 3.38. The number of nitrogens with zero attached hydrogens (tertiary/aromatic N) is 2. The molecule has 2 rings (SSSR count). The molecule has 2 nitrogen and oxygen atoms in total. The molecule has 1 aromatic rings. The van der Waals surface area contributed by atoms with Crippen molar-refractivity contribution in [3.05, 3.63) is 24.1 Å². The molecule has 0 aliphatic carbocycles. The molecule has 1 aromatic heterocycles. The molecule has 3 heteroatoms. The summed E-state index contributed by atoms with van der Waals surface area (Å²) in [6.45, 7) is 3.22. The number of hydrogen-bond donors (Lipinski definition) is 0. The molecule has 1 atom stereocenters. The lowest BCUT2D eigenvalue weighted by Crippen LogP contribution is -2.40. The van der Waals surface area contributed by atoms with Gasteiger partial charge in [-0.1, -0.05) is 19.4 Å². The summed E-state index contributed by atoms with van der Waals surface area (Å²) in [5.74, 6) is 0.427. The zero-order chi connectivity index (χ0) is 11.4. The summed E-state index contributed by atoms with van der Waals surface area (Å²) in [6.07, 6.45) is 6.05. The van der Waals surface area contributed by atoms with Crippen LogP contribution in [0.3, 0.4) is 0 Å². The first-order valence-electron chi connectivity index (χ1n) is 6.20. The maximum atomic E-state index is 13.1. The Labute approximate surface area is 96.5 Å². The highest BCUT2D eigenvalue weighted by Crippen LogP contribution is 2.25. The molecule has 0 saturated carbocycles. The van der Waals surface area contributed by atoms with Crippen molar-refractivity contribution < 1.29 is 4.39 Å². The molecule has 1 aliphatic heterocycles. The molecule has 0 radical (unpaired) electrons. The van der Waals surface area contributed by atoms with Gasteiger partial charge < -0.3 is 4.90 Å². The van der Waals surface area contributed by atoms with Crippen LogP contribution in [0.2, 0.25) is 0 Å². The molecular weight excluding hydrogens is 203 g/mol. The van der Waals surface area contributed by atoms with E-state index in [9.17, 15) is 4.39 Å². The van der Waals surface area contributed by atoms with Gasteiger partial charge in [0, 0.05) is 12.6 Å². The Kier molecular flexibility index (Phi) is 3.75. The molecule has 0 spiro atoms.